The molecule has 0 saturated heterocycles. The first-order chi connectivity index (χ1) is 10.1. The van der Waals surface area contributed by atoms with Gasteiger partial charge in [0.05, 0.1) is 13.1 Å². The second-order valence-electron chi connectivity index (χ2n) is 6.84. The van der Waals surface area contributed by atoms with Crippen molar-refractivity contribution in [2.24, 2.45) is 5.92 Å². The highest BCUT2D eigenvalue weighted by Gasteiger charge is 2.23. The van der Waals surface area contributed by atoms with Gasteiger partial charge in [-0.05, 0) is 57.3 Å². The molecule has 1 aromatic rings. The minimum Gasteiger partial charge on any atom is -0.463 e. The van der Waals surface area contributed by atoms with Gasteiger partial charge < -0.3 is 9.73 Å². The second-order valence-corrected chi connectivity index (χ2v) is 6.84. The average molecular weight is 292 g/mol. The lowest BCUT2D eigenvalue weighted by Gasteiger charge is -2.33. The highest BCUT2D eigenvalue weighted by atomic mass is 16.3. The Morgan fingerprint density at radius 1 is 1.38 bits per heavy atom. The monoisotopic (exact) mass is 292 g/mol. The Balaban J connectivity index is 1.88. The fraction of sp³-hybridized carbons (Fsp3) is 0.778. The number of hydrogen-bond acceptors (Lipinski definition) is 3. The Morgan fingerprint density at radius 3 is 2.90 bits per heavy atom. The van der Waals surface area contributed by atoms with Crippen LogP contribution < -0.4 is 5.32 Å². The lowest BCUT2D eigenvalue weighted by Crippen LogP contribution is -2.34. The third kappa shape index (κ3) is 4.86. The van der Waals surface area contributed by atoms with Crippen molar-refractivity contribution in [3.05, 3.63) is 23.2 Å². The fourth-order valence-electron chi connectivity index (χ4n) is 3.40. The molecule has 1 saturated carbocycles. The van der Waals surface area contributed by atoms with Crippen molar-refractivity contribution in [3.8, 4) is 0 Å². The Labute approximate surface area is 130 Å². The van der Waals surface area contributed by atoms with Crippen molar-refractivity contribution in [1.29, 1.82) is 0 Å². The van der Waals surface area contributed by atoms with E-state index in [0.717, 1.165) is 49.5 Å². The first-order valence-electron chi connectivity index (χ1n) is 8.59. The van der Waals surface area contributed by atoms with Crippen LogP contribution in [0.15, 0.2) is 10.5 Å². The standard InChI is InChI=1S/C18H32N2O/c1-5-9-19-12-18-15(3)11-17(21-18)13-20(4)16-8-6-7-14(2)10-16/h11,14,16,19H,5-10,12-13H2,1-4H3. The van der Waals surface area contributed by atoms with Crippen molar-refractivity contribution in [3.63, 3.8) is 0 Å². The topological polar surface area (TPSA) is 28.4 Å². The van der Waals surface area contributed by atoms with Crippen molar-refractivity contribution in [1.82, 2.24) is 10.2 Å². The molecule has 1 heterocycles. The molecule has 0 radical (unpaired) electrons. The first kappa shape index (κ1) is 16.6. The smallest absolute Gasteiger partial charge is 0.120 e. The van der Waals surface area contributed by atoms with Gasteiger partial charge in [0, 0.05) is 6.04 Å². The van der Waals surface area contributed by atoms with Crippen LogP contribution in [-0.2, 0) is 13.1 Å². The summed E-state index contributed by atoms with van der Waals surface area (Å²) in [6.07, 6.45) is 6.61. The summed E-state index contributed by atoms with van der Waals surface area (Å²) >= 11 is 0. The van der Waals surface area contributed by atoms with E-state index in [1.54, 1.807) is 0 Å². The Kier molecular flexibility index (Phi) is 6.31. The molecule has 0 bridgehead atoms. The number of aryl methyl sites for hydroxylation is 1. The molecule has 1 fully saturated rings. The summed E-state index contributed by atoms with van der Waals surface area (Å²) in [6, 6.07) is 2.94. The van der Waals surface area contributed by atoms with E-state index >= 15 is 0 Å². The number of furan rings is 1. The zero-order chi connectivity index (χ0) is 15.2. The summed E-state index contributed by atoms with van der Waals surface area (Å²) in [6.45, 7) is 9.56. The normalized spacial score (nSPS) is 22.9. The highest BCUT2D eigenvalue weighted by Crippen LogP contribution is 2.28. The minimum atomic E-state index is 0.723. The number of nitrogens with one attached hydrogen (secondary N) is 1. The van der Waals surface area contributed by atoms with Crippen LogP contribution in [0.2, 0.25) is 0 Å². The molecule has 3 nitrogen and oxygen atoms in total. The first-order valence-corrected chi connectivity index (χ1v) is 8.59. The van der Waals surface area contributed by atoms with Gasteiger partial charge >= 0.3 is 0 Å². The molecule has 0 aromatic carbocycles. The van der Waals surface area contributed by atoms with Crippen molar-refractivity contribution in [2.75, 3.05) is 13.6 Å². The van der Waals surface area contributed by atoms with E-state index in [0.29, 0.717) is 0 Å². The predicted molar refractivity (Wildman–Crippen MR) is 88.3 cm³/mol. The van der Waals surface area contributed by atoms with Gasteiger partial charge in [-0.1, -0.05) is 26.7 Å². The van der Waals surface area contributed by atoms with E-state index in [4.69, 9.17) is 4.42 Å². The molecule has 0 spiro atoms. The quantitative estimate of drug-likeness (QED) is 0.767. The summed E-state index contributed by atoms with van der Waals surface area (Å²) in [5.74, 6) is 3.09. The molecule has 0 amide bonds. The van der Waals surface area contributed by atoms with Crippen molar-refractivity contribution in [2.45, 2.75) is 72.0 Å². The predicted octanol–water partition coefficient (Wildman–Crippen LogP) is 4.10. The summed E-state index contributed by atoms with van der Waals surface area (Å²) < 4.78 is 6.05. The van der Waals surface area contributed by atoms with Crippen LogP contribution in [0, 0.1) is 12.8 Å². The van der Waals surface area contributed by atoms with Gasteiger partial charge in [-0.3, -0.25) is 4.90 Å². The molecule has 3 heteroatoms. The number of hydrogen-bond donors (Lipinski definition) is 1. The zero-order valence-corrected chi connectivity index (χ0v) is 14.2. The minimum absolute atomic E-state index is 0.723. The average Bonchev–Trinajstić information content (AvgIpc) is 2.79. The maximum atomic E-state index is 6.05. The molecule has 1 aliphatic carbocycles. The Bertz CT molecular complexity index is 427. The number of rotatable bonds is 7. The SMILES string of the molecule is CCCNCc1oc(CN(C)C2CCCC(C)C2)cc1C. The molecule has 2 unspecified atom stereocenters. The third-order valence-electron chi connectivity index (χ3n) is 4.72. The second kappa shape index (κ2) is 8.00. The van der Waals surface area contributed by atoms with Gasteiger partial charge in [0.15, 0.2) is 0 Å². The molecule has 120 valence electrons. The third-order valence-corrected chi connectivity index (χ3v) is 4.72. The fourth-order valence-corrected chi connectivity index (χ4v) is 3.40. The van der Waals surface area contributed by atoms with E-state index in [1.807, 2.05) is 0 Å². The summed E-state index contributed by atoms with van der Waals surface area (Å²) in [5, 5.41) is 3.42. The molecule has 0 aliphatic heterocycles. The zero-order valence-electron chi connectivity index (χ0n) is 14.2. The van der Waals surface area contributed by atoms with Gasteiger partial charge in [-0.25, -0.2) is 0 Å². The molecule has 1 N–H and O–H groups in total. The Morgan fingerprint density at radius 2 is 2.19 bits per heavy atom. The lowest BCUT2D eigenvalue weighted by atomic mass is 9.86. The van der Waals surface area contributed by atoms with Crippen LogP contribution in [0.25, 0.3) is 0 Å². The van der Waals surface area contributed by atoms with Crippen LogP contribution in [0.4, 0.5) is 0 Å². The lowest BCUT2D eigenvalue weighted by molar-refractivity contribution is 0.148. The maximum Gasteiger partial charge on any atom is 0.120 e. The Hall–Kier alpha value is -0.800. The highest BCUT2D eigenvalue weighted by molar-refractivity contribution is 5.20. The van der Waals surface area contributed by atoms with Gasteiger partial charge in [-0.2, -0.15) is 0 Å². The van der Waals surface area contributed by atoms with Crippen LogP contribution in [0.1, 0.15) is 63.0 Å². The van der Waals surface area contributed by atoms with E-state index in [-0.39, 0.29) is 0 Å². The van der Waals surface area contributed by atoms with E-state index in [2.05, 4.69) is 44.1 Å². The van der Waals surface area contributed by atoms with Crippen molar-refractivity contribution < 1.29 is 4.42 Å². The van der Waals surface area contributed by atoms with Crippen LogP contribution in [0.3, 0.4) is 0 Å². The number of nitrogens with zero attached hydrogens (tertiary/aromatic N) is 1. The summed E-state index contributed by atoms with van der Waals surface area (Å²) in [7, 11) is 2.25. The van der Waals surface area contributed by atoms with Crippen molar-refractivity contribution >= 4 is 0 Å². The van der Waals surface area contributed by atoms with Crippen LogP contribution in [-0.4, -0.2) is 24.5 Å². The van der Waals surface area contributed by atoms with E-state index in [1.165, 1.54) is 31.2 Å². The van der Waals surface area contributed by atoms with Gasteiger partial charge in [-0.15, -0.1) is 0 Å². The van der Waals surface area contributed by atoms with Crippen LogP contribution >= 0.6 is 0 Å². The molecule has 21 heavy (non-hydrogen) atoms. The summed E-state index contributed by atoms with van der Waals surface area (Å²) in [5.41, 5.74) is 1.28. The molecule has 1 aliphatic rings. The molecular weight excluding hydrogens is 260 g/mol. The van der Waals surface area contributed by atoms with Gasteiger partial charge in [0.1, 0.15) is 11.5 Å². The van der Waals surface area contributed by atoms with Gasteiger partial charge in [0.25, 0.3) is 0 Å². The summed E-state index contributed by atoms with van der Waals surface area (Å²) in [4.78, 5) is 2.48. The molecule has 2 atom stereocenters. The molecular formula is C18H32N2O. The van der Waals surface area contributed by atoms with Crippen LogP contribution in [0.5, 0.6) is 0 Å². The van der Waals surface area contributed by atoms with E-state index in [9.17, 15) is 0 Å². The van der Waals surface area contributed by atoms with E-state index < -0.39 is 0 Å². The molecule has 2 rings (SSSR count). The largest absolute Gasteiger partial charge is 0.463 e. The maximum absolute atomic E-state index is 6.05. The molecule has 1 aromatic heterocycles. The van der Waals surface area contributed by atoms with Gasteiger partial charge in [0.2, 0.25) is 0 Å².